The average molecular weight is 284 g/mol. The lowest BCUT2D eigenvalue weighted by atomic mass is 9.70. The van der Waals surface area contributed by atoms with Crippen LogP contribution in [0.5, 0.6) is 0 Å². The Balaban J connectivity index is 1.95. The summed E-state index contributed by atoms with van der Waals surface area (Å²) in [4.78, 5) is 0. The standard InChI is InChI=1S/C19H24O2/c1-4-19(2,21-13-20-3)18-16-11-10-15(12-16)17(18)14-8-6-5-7-9-14/h4-11,15-18H,1,12-13H2,2-3H3/t15-,16+,17+,18+,19?/m0/s1. The smallest absolute Gasteiger partial charge is 0.147 e. The summed E-state index contributed by atoms with van der Waals surface area (Å²) < 4.78 is 11.2. The van der Waals surface area contributed by atoms with E-state index in [-0.39, 0.29) is 5.60 Å². The lowest BCUT2D eigenvalue weighted by Crippen LogP contribution is -2.42. The zero-order valence-electron chi connectivity index (χ0n) is 12.9. The summed E-state index contributed by atoms with van der Waals surface area (Å²) in [7, 11) is 1.67. The first-order chi connectivity index (χ1) is 10.2. The summed E-state index contributed by atoms with van der Waals surface area (Å²) in [5.41, 5.74) is 1.05. The van der Waals surface area contributed by atoms with Crippen LogP contribution < -0.4 is 0 Å². The fourth-order valence-corrected chi connectivity index (χ4v) is 4.21. The molecular weight excluding hydrogens is 260 g/mol. The molecule has 0 aromatic heterocycles. The van der Waals surface area contributed by atoms with Crippen LogP contribution in [0.4, 0.5) is 0 Å². The van der Waals surface area contributed by atoms with E-state index in [1.54, 1.807) is 7.11 Å². The van der Waals surface area contributed by atoms with E-state index in [0.29, 0.717) is 30.5 Å². The third kappa shape index (κ3) is 2.47. The first-order valence-electron chi connectivity index (χ1n) is 7.69. The molecule has 1 fully saturated rings. The van der Waals surface area contributed by atoms with Crippen molar-refractivity contribution in [2.24, 2.45) is 17.8 Å². The molecule has 21 heavy (non-hydrogen) atoms. The first-order valence-corrected chi connectivity index (χ1v) is 7.69. The van der Waals surface area contributed by atoms with Crippen LogP contribution in [-0.4, -0.2) is 19.5 Å². The first kappa shape index (κ1) is 14.6. The molecule has 0 radical (unpaired) electrons. The van der Waals surface area contributed by atoms with Crippen molar-refractivity contribution in [2.45, 2.75) is 24.9 Å². The van der Waals surface area contributed by atoms with Crippen LogP contribution in [0, 0.1) is 17.8 Å². The Hall–Kier alpha value is -1.38. The average Bonchev–Trinajstić information content (AvgIpc) is 3.14. The molecule has 0 N–H and O–H groups in total. The van der Waals surface area contributed by atoms with E-state index in [0.717, 1.165) is 0 Å². The zero-order chi connectivity index (χ0) is 14.9. The molecule has 2 aliphatic rings. The molecule has 1 saturated carbocycles. The van der Waals surface area contributed by atoms with Gasteiger partial charge in [-0.15, -0.1) is 6.58 Å². The second kappa shape index (κ2) is 5.78. The highest BCUT2D eigenvalue weighted by molar-refractivity contribution is 5.32. The van der Waals surface area contributed by atoms with Crippen LogP contribution in [0.1, 0.15) is 24.8 Å². The third-order valence-corrected chi connectivity index (χ3v) is 5.20. The van der Waals surface area contributed by atoms with Gasteiger partial charge in [-0.2, -0.15) is 0 Å². The zero-order valence-corrected chi connectivity index (χ0v) is 12.9. The molecule has 1 aromatic carbocycles. The number of hydrogen-bond donors (Lipinski definition) is 0. The minimum atomic E-state index is -0.360. The Morgan fingerprint density at radius 3 is 2.62 bits per heavy atom. The number of hydrogen-bond acceptors (Lipinski definition) is 2. The monoisotopic (exact) mass is 284 g/mol. The Labute approximate surface area is 127 Å². The second-order valence-electron chi connectivity index (χ2n) is 6.35. The summed E-state index contributed by atoms with van der Waals surface area (Å²) in [6, 6.07) is 10.8. The van der Waals surface area contributed by atoms with E-state index in [1.807, 2.05) is 6.08 Å². The van der Waals surface area contributed by atoms with Gasteiger partial charge in [0.2, 0.25) is 0 Å². The molecule has 0 heterocycles. The van der Waals surface area contributed by atoms with Gasteiger partial charge in [-0.05, 0) is 36.7 Å². The van der Waals surface area contributed by atoms with E-state index in [1.165, 1.54) is 12.0 Å². The highest BCUT2D eigenvalue weighted by Gasteiger charge is 2.52. The molecule has 2 bridgehead atoms. The van der Waals surface area contributed by atoms with Crippen molar-refractivity contribution in [2.75, 3.05) is 13.9 Å². The van der Waals surface area contributed by atoms with Gasteiger partial charge < -0.3 is 9.47 Å². The maximum atomic E-state index is 6.04. The Morgan fingerprint density at radius 1 is 1.24 bits per heavy atom. The van der Waals surface area contributed by atoms with Crippen molar-refractivity contribution in [3.8, 4) is 0 Å². The van der Waals surface area contributed by atoms with Crippen molar-refractivity contribution in [1.82, 2.24) is 0 Å². The number of allylic oxidation sites excluding steroid dienone is 2. The lowest BCUT2D eigenvalue weighted by molar-refractivity contribution is -0.130. The number of benzene rings is 1. The van der Waals surface area contributed by atoms with Gasteiger partial charge in [0, 0.05) is 13.0 Å². The molecule has 0 spiro atoms. The van der Waals surface area contributed by atoms with Crippen molar-refractivity contribution < 1.29 is 9.47 Å². The largest absolute Gasteiger partial charge is 0.359 e. The lowest BCUT2D eigenvalue weighted by Gasteiger charge is -2.41. The molecule has 112 valence electrons. The summed E-state index contributed by atoms with van der Waals surface area (Å²) in [5, 5.41) is 0. The van der Waals surface area contributed by atoms with Gasteiger partial charge in [-0.3, -0.25) is 0 Å². The molecule has 1 unspecified atom stereocenters. The molecule has 3 rings (SSSR count). The molecule has 0 amide bonds. The summed E-state index contributed by atoms with van der Waals surface area (Å²) in [6.45, 7) is 6.49. The van der Waals surface area contributed by atoms with Crippen LogP contribution in [0.3, 0.4) is 0 Å². The summed E-state index contributed by atoms with van der Waals surface area (Å²) >= 11 is 0. The molecule has 2 nitrogen and oxygen atoms in total. The van der Waals surface area contributed by atoms with E-state index in [9.17, 15) is 0 Å². The van der Waals surface area contributed by atoms with E-state index in [4.69, 9.17) is 9.47 Å². The Bertz CT molecular complexity index is 522. The molecule has 1 aromatic rings. The topological polar surface area (TPSA) is 18.5 Å². The predicted molar refractivity (Wildman–Crippen MR) is 85.0 cm³/mol. The maximum absolute atomic E-state index is 6.04. The van der Waals surface area contributed by atoms with Crippen molar-refractivity contribution >= 4 is 0 Å². The van der Waals surface area contributed by atoms with Crippen LogP contribution >= 0.6 is 0 Å². The summed E-state index contributed by atoms with van der Waals surface area (Å²) in [6.07, 6.45) is 7.94. The van der Waals surface area contributed by atoms with Gasteiger partial charge in [0.15, 0.2) is 0 Å². The number of rotatable bonds is 6. The molecule has 0 aliphatic heterocycles. The highest BCUT2D eigenvalue weighted by Crippen LogP contribution is 2.57. The maximum Gasteiger partial charge on any atom is 0.147 e. The van der Waals surface area contributed by atoms with Crippen LogP contribution in [0.25, 0.3) is 0 Å². The van der Waals surface area contributed by atoms with Crippen LogP contribution in [0.2, 0.25) is 0 Å². The molecule has 5 atom stereocenters. The SMILES string of the molecule is C=CC(C)(OCOC)[C@H]1[C@H](c2ccccc2)[C@H]2C=C[C@@H]1C2. The van der Waals surface area contributed by atoms with Crippen LogP contribution in [-0.2, 0) is 9.47 Å². The number of ether oxygens (including phenoxy) is 2. The van der Waals surface area contributed by atoms with Crippen molar-refractivity contribution in [3.05, 3.63) is 60.7 Å². The van der Waals surface area contributed by atoms with Gasteiger partial charge in [0.1, 0.15) is 6.79 Å². The van der Waals surface area contributed by atoms with Gasteiger partial charge in [0.25, 0.3) is 0 Å². The van der Waals surface area contributed by atoms with Crippen LogP contribution in [0.15, 0.2) is 55.1 Å². The van der Waals surface area contributed by atoms with E-state index >= 15 is 0 Å². The van der Waals surface area contributed by atoms with Gasteiger partial charge in [0.05, 0.1) is 5.60 Å². The van der Waals surface area contributed by atoms with E-state index in [2.05, 4.69) is 56.0 Å². The fraction of sp³-hybridized carbons (Fsp3) is 0.474. The Morgan fingerprint density at radius 2 is 1.95 bits per heavy atom. The fourth-order valence-electron chi connectivity index (χ4n) is 4.21. The van der Waals surface area contributed by atoms with Gasteiger partial charge >= 0.3 is 0 Å². The quantitative estimate of drug-likeness (QED) is 0.577. The van der Waals surface area contributed by atoms with Crippen molar-refractivity contribution in [1.29, 1.82) is 0 Å². The number of fused-ring (bicyclic) bond motifs is 2. The van der Waals surface area contributed by atoms with E-state index < -0.39 is 0 Å². The molecular formula is C19H24O2. The molecule has 0 saturated heterocycles. The number of methoxy groups -OCH3 is 1. The minimum absolute atomic E-state index is 0.307. The minimum Gasteiger partial charge on any atom is -0.359 e. The van der Waals surface area contributed by atoms with Gasteiger partial charge in [-0.25, -0.2) is 0 Å². The summed E-state index contributed by atoms with van der Waals surface area (Å²) in [5.74, 6) is 2.11. The molecule has 2 aliphatic carbocycles. The Kier molecular flexibility index (Phi) is 4.01. The highest BCUT2D eigenvalue weighted by atomic mass is 16.7. The van der Waals surface area contributed by atoms with Gasteiger partial charge in [-0.1, -0.05) is 48.6 Å². The normalized spacial score (nSPS) is 33.0. The van der Waals surface area contributed by atoms with Crippen molar-refractivity contribution in [3.63, 3.8) is 0 Å². The molecule has 2 heteroatoms. The third-order valence-electron chi connectivity index (χ3n) is 5.20. The second-order valence-corrected chi connectivity index (χ2v) is 6.35. The predicted octanol–water partition coefficient (Wildman–Crippen LogP) is 4.16.